The number of nitrogens with one attached hydrogen (secondary N) is 3. The molecular weight excluding hydrogens is 158 g/mol. The molecule has 0 amide bonds. The SMILES string of the molecule is N=CCCc1c[nH]c(=O)[nH]c1=O. The minimum absolute atomic E-state index is 0.374. The van der Waals surface area contributed by atoms with Crippen LogP contribution in [0.3, 0.4) is 0 Å². The van der Waals surface area contributed by atoms with E-state index in [0.29, 0.717) is 18.4 Å². The first-order valence-corrected chi connectivity index (χ1v) is 3.54. The molecule has 1 heterocycles. The predicted molar refractivity (Wildman–Crippen MR) is 44.8 cm³/mol. The highest BCUT2D eigenvalue weighted by Crippen LogP contribution is 1.89. The molecule has 1 aromatic heterocycles. The second-order valence-electron chi connectivity index (χ2n) is 2.34. The lowest BCUT2D eigenvalue weighted by atomic mass is 10.2. The normalized spacial score (nSPS) is 9.67. The molecule has 64 valence electrons. The van der Waals surface area contributed by atoms with E-state index in [1.165, 1.54) is 12.4 Å². The lowest BCUT2D eigenvalue weighted by Gasteiger charge is -1.93. The fraction of sp³-hybridized carbons (Fsp3) is 0.286. The second-order valence-corrected chi connectivity index (χ2v) is 2.34. The van der Waals surface area contributed by atoms with Crippen LogP contribution in [0.1, 0.15) is 12.0 Å². The molecule has 0 unspecified atom stereocenters. The van der Waals surface area contributed by atoms with Crippen LogP contribution in [0.25, 0.3) is 0 Å². The van der Waals surface area contributed by atoms with E-state index < -0.39 is 5.69 Å². The van der Waals surface area contributed by atoms with Crippen molar-refractivity contribution >= 4 is 6.21 Å². The molecule has 5 heteroatoms. The molecule has 0 atom stereocenters. The van der Waals surface area contributed by atoms with Gasteiger partial charge in [0.15, 0.2) is 0 Å². The van der Waals surface area contributed by atoms with Crippen molar-refractivity contribution in [1.29, 1.82) is 5.41 Å². The number of aryl methyl sites for hydroxylation is 1. The standard InChI is InChI=1S/C7H9N3O2/c8-3-1-2-5-4-9-7(12)10-6(5)11/h3-4,8H,1-2H2,(H2,9,10,11,12). The summed E-state index contributed by atoms with van der Waals surface area (Å²) in [6.45, 7) is 0. The third-order valence-corrected chi connectivity index (χ3v) is 1.45. The Kier molecular flexibility index (Phi) is 2.57. The van der Waals surface area contributed by atoms with E-state index in [-0.39, 0.29) is 5.56 Å². The molecule has 1 rings (SSSR count). The van der Waals surface area contributed by atoms with Crippen molar-refractivity contribution in [3.8, 4) is 0 Å². The van der Waals surface area contributed by atoms with Crippen LogP contribution in [0.5, 0.6) is 0 Å². The van der Waals surface area contributed by atoms with Crippen molar-refractivity contribution in [1.82, 2.24) is 9.97 Å². The van der Waals surface area contributed by atoms with Gasteiger partial charge in [0.1, 0.15) is 0 Å². The maximum Gasteiger partial charge on any atom is 0.325 e. The van der Waals surface area contributed by atoms with Gasteiger partial charge in [0.25, 0.3) is 5.56 Å². The van der Waals surface area contributed by atoms with Gasteiger partial charge in [-0.2, -0.15) is 0 Å². The van der Waals surface area contributed by atoms with Gasteiger partial charge >= 0.3 is 5.69 Å². The first-order chi connectivity index (χ1) is 5.74. The van der Waals surface area contributed by atoms with Gasteiger partial charge < -0.3 is 10.4 Å². The highest BCUT2D eigenvalue weighted by molar-refractivity contribution is 5.53. The van der Waals surface area contributed by atoms with Gasteiger partial charge in [0.05, 0.1) is 0 Å². The smallest absolute Gasteiger partial charge is 0.314 e. The molecule has 0 bridgehead atoms. The fourth-order valence-electron chi connectivity index (χ4n) is 0.851. The highest BCUT2D eigenvalue weighted by atomic mass is 16.2. The molecule has 0 fully saturated rings. The minimum Gasteiger partial charge on any atom is -0.314 e. The Bertz CT molecular complexity index is 377. The molecule has 0 aliphatic rings. The summed E-state index contributed by atoms with van der Waals surface area (Å²) in [5.41, 5.74) is -0.377. The Morgan fingerprint density at radius 1 is 1.50 bits per heavy atom. The van der Waals surface area contributed by atoms with Crippen molar-refractivity contribution < 1.29 is 0 Å². The fourth-order valence-corrected chi connectivity index (χ4v) is 0.851. The van der Waals surface area contributed by atoms with Crippen molar-refractivity contribution in [2.75, 3.05) is 0 Å². The van der Waals surface area contributed by atoms with Crippen LogP contribution < -0.4 is 11.2 Å². The third kappa shape index (κ3) is 1.91. The molecular formula is C7H9N3O2. The summed E-state index contributed by atoms with van der Waals surface area (Å²) in [5.74, 6) is 0. The van der Waals surface area contributed by atoms with Gasteiger partial charge in [-0.25, -0.2) is 4.79 Å². The molecule has 0 aliphatic heterocycles. The second kappa shape index (κ2) is 3.66. The zero-order valence-corrected chi connectivity index (χ0v) is 6.39. The van der Waals surface area contributed by atoms with Gasteiger partial charge in [-0.1, -0.05) is 0 Å². The Hall–Kier alpha value is -1.65. The highest BCUT2D eigenvalue weighted by Gasteiger charge is 1.97. The van der Waals surface area contributed by atoms with Crippen molar-refractivity contribution in [3.05, 3.63) is 32.6 Å². The Balaban J connectivity index is 2.94. The summed E-state index contributed by atoms with van der Waals surface area (Å²) >= 11 is 0. The van der Waals surface area contributed by atoms with Gasteiger partial charge in [-0.15, -0.1) is 0 Å². The summed E-state index contributed by atoms with van der Waals surface area (Å²) < 4.78 is 0. The molecule has 0 aliphatic carbocycles. The van der Waals surface area contributed by atoms with Crippen LogP contribution in [0.2, 0.25) is 0 Å². The monoisotopic (exact) mass is 167 g/mol. The summed E-state index contributed by atoms with van der Waals surface area (Å²) in [7, 11) is 0. The number of H-pyrrole nitrogens is 2. The number of aromatic amines is 2. The molecule has 1 aromatic rings. The largest absolute Gasteiger partial charge is 0.325 e. The van der Waals surface area contributed by atoms with E-state index in [9.17, 15) is 9.59 Å². The molecule has 3 N–H and O–H groups in total. The number of rotatable bonds is 3. The summed E-state index contributed by atoms with van der Waals surface area (Å²) in [5, 5.41) is 6.76. The van der Waals surface area contributed by atoms with Gasteiger partial charge in [0, 0.05) is 11.8 Å². The maximum atomic E-state index is 11.0. The van der Waals surface area contributed by atoms with E-state index >= 15 is 0 Å². The molecule has 0 radical (unpaired) electrons. The van der Waals surface area contributed by atoms with Crippen molar-refractivity contribution in [2.45, 2.75) is 12.8 Å². The lowest BCUT2D eigenvalue weighted by molar-refractivity contribution is 0.935. The number of hydrogen-bond acceptors (Lipinski definition) is 3. The molecule has 12 heavy (non-hydrogen) atoms. The molecule has 0 saturated carbocycles. The van der Waals surface area contributed by atoms with Crippen LogP contribution in [-0.4, -0.2) is 16.2 Å². The first-order valence-electron chi connectivity index (χ1n) is 3.54. The number of aromatic nitrogens is 2. The average molecular weight is 167 g/mol. The van der Waals surface area contributed by atoms with E-state index in [2.05, 4.69) is 9.97 Å². The first kappa shape index (κ1) is 8.45. The van der Waals surface area contributed by atoms with Crippen LogP contribution in [0.15, 0.2) is 15.8 Å². The lowest BCUT2D eigenvalue weighted by Crippen LogP contribution is -2.24. The van der Waals surface area contributed by atoms with Crippen LogP contribution in [0.4, 0.5) is 0 Å². The predicted octanol–water partition coefficient (Wildman–Crippen LogP) is -0.355. The minimum atomic E-state index is -0.501. The van der Waals surface area contributed by atoms with E-state index in [4.69, 9.17) is 5.41 Å². The van der Waals surface area contributed by atoms with E-state index in [0.717, 1.165) is 0 Å². The topological polar surface area (TPSA) is 89.6 Å². The molecule has 5 nitrogen and oxygen atoms in total. The number of hydrogen-bond donors (Lipinski definition) is 3. The van der Waals surface area contributed by atoms with E-state index in [1.54, 1.807) is 0 Å². The quantitative estimate of drug-likeness (QED) is 0.537. The summed E-state index contributed by atoms with van der Waals surface area (Å²) in [6, 6.07) is 0. The molecule has 0 spiro atoms. The maximum absolute atomic E-state index is 11.0. The third-order valence-electron chi connectivity index (χ3n) is 1.45. The van der Waals surface area contributed by atoms with Crippen LogP contribution in [0, 0.1) is 5.41 Å². The summed E-state index contributed by atoms with van der Waals surface area (Å²) in [6.07, 6.45) is 3.60. The van der Waals surface area contributed by atoms with Crippen molar-refractivity contribution in [2.24, 2.45) is 0 Å². The Morgan fingerprint density at radius 3 is 2.83 bits per heavy atom. The molecule has 0 saturated heterocycles. The van der Waals surface area contributed by atoms with Gasteiger partial charge in [0.2, 0.25) is 0 Å². The zero-order valence-electron chi connectivity index (χ0n) is 6.39. The van der Waals surface area contributed by atoms with Crippen molar-refractivity contribution in [3.63, 3.8) is 0 Å². The van der Waals surface area contributed by atoms with Crippen LogP contribution in [-0.2, 0) is 6.42 Å². The van der Waals surface area contributed by atoms with Gasteiger partial charge in [-0.3, -0.25) is 9.78 Å². The van der Waals surface area contributed by atoms with E-state index in [1.807, 2.05) is 0 Å². The Morgan fingerprint density at radius 2 is 2.25 bits per heavy atom. The summed E-state index contributed by atoms with van der Waals surface area (Å²) in [4.78, 5) is 26.0. The Labute approximate surface area is 68.0 Å². The van der Waals surface area contributed by atoms with Gasteiger partial charge in [-0.05, 0) is 19.1 Å². The molecule has 0 aromatic carbocycles. The van der Waals surface area contributed by atoms with Crippen LogP contribution >= 0.6 is 0 Å². The average Bonchev–Trinajstić information content (AvgIpc) is 2.03. The zero-order chi connectivity index (χ0) is 8.97.